The number of aromatic carboxylic acids is 1. The lowest BCUT2D eigenvalue weighted by molar-refractivity contribution is 0.0697. The van der Waals surface area contributed by atoms with Crippen molar-refractivity contribution < 1.29 is 19.4 Å². The first-order chi connectivity index (χ1) is 14.2. The molecular formula is C23H24N2O4. The Kier molecular flexibility index (Phi) is 5.53. The summed E-state index contributed by atoms with van der Waals surface area (Å²) in [5.74, 6) is -0.101. The second-order valence-electron chi connectivity index (χ2n) is 6.99. The molecule has 29 heavy (non-hydrogen) atoms. The van der Waals surface area contributed by atoms with E-state index in [4.69, 9.17) is 9.47 Å². The average molecular weight is 392 g/mol. The third kappa shape index (κ3) is 4.12. The largest absolute Gasteiger partial charge is 0.487 e. The number of hydrogen-bond donors (Lipinski definition) is 1. The molecular weight excluding hydrogens is 368 g/mol. The third-order valence-corrected chi connectivity index (χ3v) is 5.00. The fourth-order valence-electron chi connectivity index (χ4n) is 3.50. The molecule has 1 saturated heterocycles. The number of nitrogens with zero attached hydrogens (tertiary/aromatic N) is 2. The summed E-state index contributed by atoms with van der Waals surface area (Å²) in [6.45, 7) is 4.70. The van der Waals surface area contributed by atoms with E-state index in [1.165, 1.54) is 0 Å². The van der Waals surface area contributed by atoms with E-state index in [-0.39, 0.29) is 11.7 Å². The molecule has 0 radical (unpaired) electrons. The van der Waals surface area contributed by atoms with E-state index in [2.05, 4.69) is 4.90 Å². The van der Waals surface area contributed by atoms with Crippen molar-refractivity contribution in [3.05, 3.63) is 78.1 Å². The minimum atomic E-state index is -0.934. The number of carbonyl (C=O) groups is 1. The molecule has 0 bridgehead atoms. The van der Waals surface area contributed by atoms with Gasteiger partial charge in [-0.25, -0.2) is 4.79 Å². The van der Waals surface area contributed by atoms with E-state index in [9.17, 15) is 9.90 Å². The Hall–Kier alpha value is -3.25. The number of carboxylic acid groups (broad SMARTS) is 1. The van der Waals surface area contributed by atoms with Gasteiger partial charge < -0.3 is 24.0 Å². The van der Waals surface area contributed by atoms with Crippen molar-refractivity contribution in [3.8, 4) is 11.4 Å². The second kappa shape index (κ2) is 8.41. The Bertz CT molecular complexity index is 961. The van der Waals surface area contributed by atoms with Crippen LogP contribution in [0, 0.1) is 0 Å². The predicted molar refractivity (Wildman–Crippen MR) is 111 cm³/mol. The van der Waals surface area contributed by atoms with Gasteiger partial charge >= 0.3 is 5.97 Å². The molecule has 6 heteroatoms. The predicted octanol–water partition coefficient (Wildman–Crippen LogP) is 3.98. The van der Waals surface area contributed by atoms with Crippen molar-refractivity contribution in [2.45, 2.75) is 19.6 Å². The van der Waals surface area contributed by atoms with Gasteiger partial charge in [-0.3, -0.25) is 0 Å². The molecule has 6 nitrogen and oxygen atoms in total. The van der Waals surface area contributed by atoms with E-state index in [1.54, 1.807) is 12.1 Å². The van der Waals surface area contributed by atoms with Crippen LogP contribution in [0.2, 0.25) is 0 Å². The zero-order valence-corrected chi connectivity index (χ0v) is 16.3. The van der Waals surface area contributed by atoms with Crippen molar-refractivity contribution >= 4 is 11.7 Å². The van der Waals surface area contributed by atoms with Crippen molar-refractivity contribution in [1.29, 1.82) is 0 Å². The van der Waals surface area contributed by atoms with Gasteiger partial charge in [0.25, 0.3) is 0 Å². The van der Waals surface area contributed by atoms with Crippen LogP contribution in [-0.4, -0.2) is 41.4 Å². The number of ether oxygens (including phenoxy) is 2. The molecule has 0 unspecified atom stereocenters. The topological polar surface area (TPSA) is 63.9 Å². The van der Waals surface area contributed by atoms with Gasteiger partial charge in [0.15, 0.2) is 0 Å². The Morgan fingerprint density at radius 1 is 1.07 bits per heavy atom. The number of para-hydroxylation sites is 1. The molecule has 1 N–H and O–H groups in total. The van der Waals surface area contributed by atoms with Crippen LogP contribution in [0.1, 0.15) is 22.8 Å². The molecule has 0 saturated carbocycles. The smallest absolute Gasteiger partial charge is 0.337 e. The van der Waals surface area contributed by atoms with Gasteiger partial charge in [-0.2, -0.15) is 0 Å². The van der Waals surface area contributed by atoms with Crippen LogP contribution in [0.5, 0.6) is 5.75 Å². The molecule has 1 fully saturated rings. The quantitative estimate of drug-likeness (QED) is 0.628. The third-order valence-electron chi connectivity index (χ3n) is 5.00. The molecule has 3 aromatic rings. The number of rotatable bonds is 8. The van der Waals surface area contributed by atoms with Gasteiger partial charge in [0, 0.05) is 19.0 Å². The van der Waals surface area contributed by atoms with E-state index in [1.807, 2.05) is 66.3 Å². The van der Waals surface area contributed by atoms with Crippen molar-refractivity contribution in [1.82, 2.24) is 4.57 Å². The summed E-state index contributed by atoms with van der Waals surface area (Å²) in [7, 11) is 0. The molecule has 2 aromatic carbocycles. The number of aromatic nitrogens is 1. The Labute approximate surface area is 169 Å². The fourth-order valence-corrected chi connectivity index (χ4v) is 3.50. The van der Waals surface area contributed by atoms with Gasteiger partial charge in [-0.1, -0.05) is 18.2 Å². The SMILES string of the molecule is CCOCc1ccc(OC2CN(c3cccc(C(=O)O)c3-n3cccc3)C2)cc1. The molecule has 0 amide bonds. The summed E-state index contributed by atoms with van der Waals surface area (Å²) >= 11 is 0. The van der Waals surface area contributed by atoms with Crippen LogP contribution >= 0.6 is 0 Å². The zero-order chi connectivity index (χ0) is 20.2. The summed E-state index contributed by atoms with van der Waals surface area (Å²) in [4.78, 5) is 13.9. The van der Waals surface area contributed by atoms with Crippen LogP contribution in [0.4, 0.5) is 5.69 Å². The van der Waals surface area contributed by atoms with Crippen LogP contribution in [0.25, 0.3) is 5.69 Å². The molecule has 1 aliphatic rings. The first kappa shape index (κ1) is 19.1. The summed E-state index contributed by atoms with van der Waals surface area (Å²) in [5, 5.41) is 9.62. The van der Waals surface area contributed by atoms with Crippen LogP contribution in [0.3, 0.4) is 0 Å². The highest BCUT2D eigenvalue weighted by Crippen LogP contribution is 2.32. The molecule has 1 aliphatic heterocycles. The van der Waals surface area contributed by atoms with Gasteiger partial charge in [0.2, 0.25) is 0 Å². The second-order valence-corrected chi connectivity index (χ2v) is 6.99. The fraction of sp³-hybridized carbons (Fsp3) is 0.261. The minimum absolute atomic E-state index is 0.0683. The maximum Gasteiger partial charge on any atom is 0.337 e. The van der Waals surface area contributed by atoms with E-state index in [0.717, 1.165) is 17.0 Å². The highest BCUT2D eigenvalue weighted by molar-refractivity contribution is 5.95. The Balaban J connectivity index is 1.45. The lowest BCUT2D eigenvalue weighted by Gasteiger charge is -2.41. The first-order valence-corrected chi connectivity index (χ1v) is 9.73. The van der Waals surface area contributed by atoms with Crippen molar-refractivity contribution in [2.75, 3.05) is 24.6 Å². The Morgan fingerprint density at radius 3 is 2.45 bits per heavy atom. The maximum absolute atomic E-state index is 11.7. The lowest BCUT2D eigenvalue weighted by atomic mass is 10.1. The molecule has 1 aromatic heterocycles. The maximum atomic E-state index is 11.7. The van der Waals surface area contributed by atoms with Gasteiger partial charge in [0.1, 0.15) is 11.9 Å². The van der Waals surface area contributed by atoms with E-state index in [0.29, 0.717) is 32.0 Å². The molecule has 150 valence electrons. The Morgan fingerprint density at radius 2 is 1.79 bits per heavy atom. The standard InChI is InChI=1S/C23H24N2O4/c1-2-28-16-17-8-10-18(11-9-17)29-19-14-25(15-19)21-7-5-6-20(23(26)27)22(21)24-12-3-4-13-24/h3-13,19H,2,14-16H2,1H3,(H,26,27). The number of hydrogen-bond acceptors (Lipinski definition) is 4. The molecule has 0 spiro atoms. The highest BCUT2D eigenvalue weighted by Gasteiger charge is 2.31. The van der Waals surface area contributed by atoms with Gasteiger partial charge in [-0.15, -0.1) is 0 Å². The molecule has 0 aliphatic carbocycles. The van der Waals surface area contributed by atoms with Crippen LogP contribution in [-0.2, 0) is 11.3 Å². The van der Waals surface area contributed by atoms with Crippen LogP contribution in [0.15, 0.2) is 67.0 Å². The monoisotopic (exact) mass is 392 g/mol. The summed E-state index contributed by atoms with van der Waals surface area (Å²) in [6.07, 6.45) is 3.80. The van der Waals surface area contributed by atoms with Crippen molar-refractivity contribution in [3.63, 3.8) is 0 Å². The van der Waals surface area contributed by atoms with Crippen LogP contribution < -0.4 is 9.64 Å². The highest BCUT2D eigenvalue weighted by atomic mass is 16.5. The zero-order valence-electron chi connectivity index (χ0n) is 16.3. The first-order valence-electron chi connectivity index (χ1n) is 9.73. The lowest BCUT2D eigenvalue weighted by Crippen LogP contribution is -2.54. The number of carboxylic acids is 1. The summed E-state index contributed by atoms with van der Waals surface area (Å²) in [5.41, 5.74) is 2.99. The molecule has 0 atom stereocenters. The molecule has 4 rings (SSSR count). The van der Waals surface area contributed by atoms with E-state index >= 15 is 0 Å². The number of anilines is 1. The van der Waals surface area contributed by atoms with Gasteiger partial charge in [0.05, 0.1) is 36.6 Å². The van der Waals surface area contributed by atoms with E-state index < -0.39 is 5.97 Å². The van der Waals surface area contributed by atoms with Crippen molar-refractivity contribution in [2.24, 2.45) is 0 Å². The number of benzene rings is 2. The minimum Gasteiger partial charge on any atom is -0.487 e. The normalized spacial score (nSPS) is 13.9. The van der Waals surface area contributed by atoms with Gasteiger partial charge in [-0.05, 0) is 48.9 Å². The summed E-state index contributed by atoms with van der Waals surface area (Å²) < 4.78 is 13.3. The average Bonchev–Trinajstić information content (AvgIpc) is 3.23. The summed E-state index contributed by atoms with van der Waals surface area (Å²) in [6, 6.07) is 17.1. The molecule has 2 heterocycles.